The SMILES string of the molecule is COC(C)CNS(=O)(=O)c1c(C)noc1C. The zero-order valence-electron chi connectivity index (χ0n) is 9.77. The molecular weight excluding hydrogens is 232 g/mol. The summed E-state index contributed by atoms with van der Waals surface area (Å²) >= 11 is 0. The molecule has 92 valence electrons. The zero-order chi connectivity index (χ0) is 12.3. The second kappa shape index (κ2) is 4.94. The third kappa shape index (κ3) is 2.81. The van der Waals surface area contributed by atoms with Crippen molar-refractivity contribution in [2.24, 2.45) is 0 Å². The van der Waals surface area contributed by atoms with Crippen LogP contribution in [0.25, 0.3) is 0 Å². The minimum absolute atomic E-state index is 0.107. The number of aryl methyl sites for hydroxylation is 2. The van der Waals surface area contributed by atoms with E-state index in [1.165, 1.54) is 7.11 Å². The summed E-state index contributed by atoms with van der Waals surface area (Å²) in [5.41, 5.74) is 0.357. The lowest BCUT2D eigenvalue weighted by atomic mass is 10.4. The summed E-state index contributed by atoms with van der Waals surface area (Å²) in [5, 5.41) is 3.60. The van der Waals surface area contributed by atoms with Gasteiger partial charge in [0.2, 0.25) is 10.0 Å². The van der Waals surface area contributed by atoms with Crippen LogP contribution in [0.1, 0.15) is 18.4 Å². The fourth-order valence-electron chi connectivity index (χ4n) is 1.24. The van der Waals surface area contributed by atoms with Crippen LogP contribution in [0.3, 0.4) is 0 Å². The normalized spacial score (nSPS) is 14.0. The highest BCUT2D eigenvalue weighted by Gasteiger charge is 2.24. The number of methoxy groups -OCH3 is 1. The van der Waals surface area contributed by atoms with E-state index in [-0.39, 0.29) is 23.3 Å². The van der Waals surface area contributed by atoms with Crippen molar-refractivity contribution in [3.63, 3.8) is 0 Å². The van der Waals surface area contributed by atoms with Crippen LogP contribution in [0, 0.1) is 13.8 Å². The summed E-state index contributed by atoms with van der Waals surface area (Å²) in [7, 11) is -2.05. The van der Waals surface area contributed by atoms with E-state index in [2.05, 4.69) is 9.88 Å². The molecule has 0 fully saturated rings. The molecule has 7 heteroatoms. The average Bonchev–Trinajstić information content (AvgIpc) is 2.55. The summed E-state index contributed by atoms with van der Waals surface area (Å²) in [4.78, 5) is 0.107. The van der Waals surface area contributed by atoms with E-state index in [4.69, 9.17) is 9.26 Å². The minimum Gasteiger partial charge on any atom is -0.380 e. The Morgan fingerprint density at radius 1 is 1.50 bits per heavy atom. The van der Waals surface area contributed by atoms with E-state index in [1.54, 1.807) is 20.8 Å². The van der Waals surface area contributed by atoms with Crippen molar-refractivity contribution in [3.05, 3.63) is 11.5 Å². The van der Waals surface area contributed by atoms with Gasteiger partial charge in [-0.3, -0.25) is 0 Å². The van der Waals surface area contributed by atoms with Gasteiger partial charge in [0, 0.05) is 13.7 Å². The Hall–Kier alpha value is -0.920. The lowest BCUT2D eigenvalue weighted by molar-refractivity contribution is 0.122. The molecule has 1 rings (SSSR count). The monoisotopic (exact) mass is 248 g/mol. The van der Waals surface area contributed by atoms with Crippen molar-refractivity contribution in [2.45, 2.75) is 31.8 Å². The first-order valence-electron chi connectivity index (χ1n) is 4.83. The first kappa shape index (κ1) is 13.1. The van der Waals surface area contributed by atoms with Gasteiger partial charge in [-0.1, -0.05) is 5.16 Å². The lowest BCUT2D eigenvalue weighted by Gasteiger charge is -2.10. The number of sulfonamides is 1. The van der Waals surface area contributed by atoms with Gasteiger partial charge in [-0.25, -0.2) is 13.1 Å². The first-order chi connectivity index (χ1) is 7.38. The third-order valence-electron chi connectivity index (χ3n) is 2.20. The molecule has 0 aliphatic rings. The fraction of sp³-hybridized carbons (Fsp3) is 0.667. The number of nitrogens with zero attached hydrogens (tertiary/aromatic N) is 1. The molecule has 0 saturated carbocycles. The maximum Gasteiger partial charge on any atom is 0.246 e. The molecule has 0 saturated heterocycles. The van der Waals surface area contributed by atoms with Crippen LogP contribution < -0.4 is 4.72 Å². The largest absolute Gasteiger partial charge is 0.380 e. The van der Waals surface area contributed by atoms with Crippen molar-refractivity contribution in [2.75, 3.05) is 13.7 Å². The second-order valence-corrected chi connectivity index (χ2v) is 5.26. The molecule has 1 aromatic heterocycles. The van der Waals surface area contributed by atoms with E-state index < -0.39 is 10.0 Å². The number of rotatable bonds is 5. The van der Waals surface area contributed by atoms with Crippen LogP contribution in [-0.4, -0.2) is 33.3 Å². The topological polar surface area (TPSA) is 81.4 Å². The molecule has 0 bridgehead atoms. The van der Waals surface area contributed by atoms with Gasteiger partial charge in [-0.15, -0.1) is 0 Å². The maximum absolute atomic E-state index is 11.9. The first-order valence-corrected chi connectivity index (χ1v) is 6.32. The van der Waals surface area contributed by atoms with Crippen molar-refractivity contribution in [3.8, 4) is 0 Å². The Balaban J connectivity index is 2.87. The van der Waals surface area contributed by atoms with E-state index in [0.29, 0.717) is 5.69 Å². The predicted molar refractivity (Wildman–Crippen MR) is 57.6 cm³/mol. The Morgan fingerprint density at radius 2 is 2.12 bits per heavy atom. The Morgan fingerprint density at radius 3 is 2.56 bits per heavy atom. The molecule has 1 unspecified atom stereocenters. The van der Waals surface area contributed by atoms with E-state index >= 15 is 0 Å². The van der Waals surface area contributed by atoms with Crippen molar-refractivity contribution in [1.82, 2.24) is 9.88 Å². The number of aromatic nitrogens is 1. The predicted octanol–water partition coefficient (Wildman–Crippen LogP) is 0.605. The molecule has 0 spiro atoms. The van der Waals surface area contributed by atoms with Crippen LogP contribution in [0.15, 0.2) is 9.42 Å². The summed E-state index contributed by atoms with van der Waals surface area (Å²) in [6, 6.07) is 0. The van der Waals surface area contributed by atoms with Crippen LogP contribution in [0.2, 0.25) is 0 Å². The zero-order valence-corrected chi connectivity index (χ0v) is 10.6. The van der Waals surface area contributed by atoms with Gasteiger partial charge in [-0.05, 0) is 20.8 Å². The highest BCUT2D eigenvalue weighted by atomic mass is 32.2. The molecular formula is C9H16N2O4S. The van der Waals surface area contributed by atoms with Crippen LogP contribution >= 0.6 is 0 Å². The standard InChI is InChI=1S/C9H16N2O4S/c1-6(14-4)5-10-16(12,13)9-7(2)11-15-8(9)3/h6,10H,5H2,1-4H3. The molecule has 0 aromatic carbocycles. The summed E-state index contributed by atoms with van der Waals surface area (Å²) in [6.45, 7) is 5.14. The lowest BCUT2D eigenvalue weighted by Crippen LogP contribution is -2.32. The summed E-state index contributed by atoms with van der Waals surface area (Å²) < 4.78 is 36.0. The maximum atomic E-state index is 11.9. The van der Waals surface area contributed by atoms with Crippen LogP contribution in [0.4, 0.5) is 0 Å². The Kier molecular flexibility index (Phi) is 4.06. The van der Waals surface area contributed by atoms with E-state index in [9.17, 15) is 8.42 Å². The quantitative estimate of drug-likeness (QED) is 0.825. The number of ether oxygens (including phenoxy) is 1. The summed E-state index contributed by atoms with van der Waals surface area (Å²) in [5.74, 6) is 0.287. The molecule has 0 radical (unpaired) electrons. The molecule has 1 N–H and O–H groups in total. The van der Waals surface area contributed by atoms with Gasteiger partial charge in [0.1, 0.15) is 10.6 Å². The molecule has 1 atom stereocenters. The Labute approximate surface area is 95.0 Å². The number of nitrogens with one attached hydrogen (secondary N) is 1. The highest BCUT2D eigenvalue weighted by molar-refractivity contribution is 7.89. The van der Waals surface area contributed by atoms with Gasteiger partial charge in [0.25, 0.3) is 0 Å². The highest BCUT2D eigenvalue weighted by Crippen LogP contribution is 2.18. The number of hydrogen-bond donors (Lipinski definition) is 1. The van der Waals surface area contributed by atoms with Crippen LogP contribution in [-0.2, 0) is 14.8 Å². The third-order valence-corrected chi connectivity index (χ3v) is 3.87. The smallest absolute Gasteiger partial charge is 0.246 e. The van der Waals surface area contributed by atoms with Gasteiger partial charge in [-0.2, -0.15) is 0 Å². The summed E-state index contributed by atoms with van der Waals surface area (Å²) in [6.07, 6.45) is -0.185. The van der Waals surface area contributed by atoms with Crippen molar-refractivity contribution >= 4 is 10.0 Å². The molecule has 0 amide bonds. The van der Waals surface area contributed by atoms with Gasteiger partial charge in [0.05, 0.1) is 6.10 Å². The second-order valence-electron chi connectivity index (χ2n) is 3.55. The van der Waals surface area contributed by atoms with Crippen molar-refractivity contribution in [1.29, 1.82) is 0 Å². The van der Waals surface area contributed by atoms with Crippen molar-refractivity contribution < 1.29 is 17.7 Å². The molecule has 1 aromatic rings. The fourth-order valence-corrected chi connectivity index (χ4v) is 2.68. The molecule has 16 heavy (non-hydrogen) atoms. The van der Waals surface area contributed by atoms with E-state index in [1.807, 2.05) is 0 Å². The Bertz CT molecular complexity index is 433. The van der Waals surface area contributed by atoms with Gasteiger partial charge >= 0.3 is 0 Å². The average molecular weight is 248 g/mol. The van der Waals surface area contributed by atoms with Gasteiger partial charge < -0.3 is 9.26 Å². The number of hydrogen-bond acceptors (Lipinski definition) is 5. The molecule has 0 aliphatic carbocycles. The molecule has 6 nitrogen and oxygen atoms in total. The van der Waals surface area contributed by atoms with E-state index in [0.717, 1.165) is 0 Å². The van der Waals surface area contributed by atoms with Gasteiger partial charge in [0.15, 0.2) is 5.76 Å². The molecule has 1 heterocycles. The molecule has 0 aliphatic heterocycles. The minimum atomic E-state index is -3.57. The van der Waals surface area contributed by atoms with Crippen LogP contribution in [0.5, 0.6) is 0 Å².